The van der Waals surface area contributed by atoms with E-state index in [9.17, 15) is 18.0 Å². The summed E-state index contributed by atoms with van der Waals surface area (Å²) in [6, 6.07) is 10.8. The van der Waals surface area contributed by atoms with E-state index in [1.807, 2.05) is 6.92 Å². The lowest BCUT2D eigenvalue weighted by Crippen LogP contribution is -2.41. The van der Waals surface area contributed by atoms with Crippen molar-refractivity contribution in [3.05, 3.63) is 59.1 Å². The minimum atomic E-state index is -3.87. The molecule has 156 valence electrons. The third kappa shape index (κ3) is 6.85. The molecule has 0 radical (unpaired) electrons. The van der Waals surface area contributed by atoms with Gasteiger partial charge >= 0.3 is 5.97 Å². The standard InChI is InChI=1S/C20H23ClN2O5S/c1-3-4-13-28-20(25)15-5-9-17(10-6-15)22-19(24)14(2)23-29(26,27)18-11-7-16(21)8-12-18/h5-12,14,23H,3-4,13H2,1-2H3,(H,22,24)/t14-/m1/s1. The number of anilines is 1. The number of amides is 1. The van der Waals surface area contributed by atoms with E-state index in [1.54, 1.807) is 12.1 Å². The molecule has 0 aliphatic carbocycles. The average Bonchev–Trinajstić information content (AvgIpc) is 2.68. The van der Waals surface area contributed by atoms with Crippen LogP contribution in [0.3, 0.4) is 0 Å². The summed E-state index contributed by atoms with van der Waals surface area (Å²) < 4.78 is 32.1. The van der Waals surface area contributed by atoms with E-state index in [4.69, 9.17) is 16.3 Å². The van der Waals surface area contributed by atoms with Gasteiger partial charge in [0.15, 0.2) is 0 Å². The van der Waals surface area contributed by atoms with Crippen LogP contribution in [0.2, 0.25) is 5.02 Å². The number of hydrogen-bond donors (Lipinski definition) is 2. The van der Waals surface area contributed by atoms with Crippen LogP contribution in [0.25, 0.3) is 0 Å². The highest BCUT2D eigenvalue weighted by Crippen LogP contribution is 2.15. The van der Waals surface area contributed by atoms with E-state index in [0.717, 1.165) is 12.8 Å². The molecule has 0 aliphatic heterocycles. The highest BCUT2D eigenvalue weighted by atomic mass is 35.5. The van der Waals surface area contributed by atoms with Gasteiger partial charge in [-0.25, -0.2) is 13.2 Å². The molecule has 0 heterocycles. The second-order valence-electron chi connectivity index (χ2n) is 6.35. The topological polar surface area (TPSA) is 102 Å². The summed E-state index contributed by atoms with van der Waals surface area (Å²) in [5.74, 6) is -0.971. The van der Waals surface area contributed by atoms with Crippen LogP contribution in [-0.2, 0) is 19.6 Å². The Morgan fingerprint density at radius 2 is 1.69 bits per heavy atom. The molecule has 1 amide bonds. The molecular weight excluding hydrogens is 416 g/mol. The lowest BCUT2D eigenvalue weighted by Gasteiger charge is -2.15. The van der Waals surface area contributed by atoms with Gasteiger partial charge < -0.3 is 10.1 Å². The molecule has 2 aromatic carbocycles. The Labute approximate surface area is 175 Å². The van der Waals surface area contributed by atoms with E-state index in [-0.39, 0.29) is 4.90 Å². The first kappa shape index (κ1) is 22.9. The van der Waals surface area contributed by atoms with Gasteiger partial charge in [0.05, 0.1) is 23.1 Å². The Kier molecular flexibility index (Phi) is 8.19. The first-order chi connectivity index (χ1) is 13.7. The molecule has 7 nitrogen and oxygen atoms in total. The molecule has 0 saturated carbocycles. The Bertz CT molecular complexity index is 944. The van der Waals surface area contributed by atoms with Crippen LogP contribution in [0, 0.1) is 0 Å². The minimum Gasteiger partial charge on any atom is -0.462 e. The molecule has 2 rings (SSSR count). The molecule has 9 heteroatoms. The zero-order chi connectivity index (χ0) is 21.4. The zero-order valence-corrected chi connectivity index (χ0v) is 17.7. The third-order valence-electron chi connectivity index (χ3n) is 3.97. The monoisotopic (exact) mass is 438 g/mol. The number of nitrogens with one attached hydrogen (secondary N) is 2. The summed E-state index contributed by atoms with van der Waals surface area (Å²) in [7, 11) is -3.87. The van der Waals surface area contributed by atoms with E-state index in [1.165, 1.54) is 43.3 Å². The number of carbonyl (C=O) groups excluding carboxylic acids is 2. The maximum atomic E-state index is 12.4. The maximum Gasteiger partial charge on any atom is 0.338 e. The number of benzene rings is 2. The van der Waals surface area contributed by atoms with Crippen molar-refractivity contribution in [1.82, 2.24) is 4.72 Å². The van der Waals surface area contributed by atoms with Gasteiger partial charge in [0.2, 0.25) is 15.9 Å². The second kappa shape index (κ2) is 10.4. The summed E-state index contributed by atoms with van der Waals surface area (Å²) >= 11 is 5.76. The Morgan fingerprint density at radius 1 is 1.07 bits per heavy atom. The van der Waals surface area contributed by atoms with Crippen molar-refractivity contribution < 1.29 is 22.7 Å². The van der Waals surface area contributed by atoms with Crippen LogP contribution < -0.4 is 10.0 Å². The molecule has 1 atom stereocenters. The second-order valence-corrected chi connectivity index (χ2v) is 8.50. The van der Waals surface area contributed by atoms with Crippen molar-refractivity contribution in [2.45, 2.75) is 37.6 Å². The summed E-state index contributed by atoms with van der Waals surface area (Å²) in [5, 5.41) is 3.01. The number of unbranched alkanes of at least 4 members (excludes halogenated alkanes) is 1. The number of halogens is 1. The van der Waals surface area contributed by atoms with Gasteiger partial charge in [-0.1, -0.05) is 24.9 Å². The van der Waals surface area contributed by atoms with Crippen molar-refractivity contribution >= 4 is 39.2 Å². The summed E-state index contributed by atoms with van der Waals surface area (Å²) in [4.78, 5) is 24.2. The van der Waals surface area contributed by atoms with Gasteiger partial charge in [-0.05, 0) is 61.9 Å². The predicted molar refractivity (Wildman–Crippen MR) is 111 cm³/mol. The molecule has 0 fully saturated rings. The largest absolute Gasteiger partial charge is 0.462 e. The molecule has 0 saturated heterocycles. The maximum absolute atomic E-state index is 12.4. The SMILES string of the molecule is CCCCOC(=O)c1ccc(NC(=O)[C@@H](C)NS(=O)(=O)c2ccc(Cl)cc2)cc1. The highest BCUT2D eigenvalue weighted by molar-refractivity contribution is 7.89. The van der Waals surface area contributed by atoms with Crippen LogP contribution in [0.5, 0.6) is 0 Å². The van der Waals surface area contributed by atoms with Crippen LogP contribution in [-0.4, -0.2) is 32.9 Å². The molecule has 0 bridgehead atoms. The Balaban J connectivity index is 1.95. The van der Waals surface area contributed by atoms with E-state index in [2.05, 4.69) is 10.0 Å². The fourth-order valence-electron chi connectivity index (χ4n) is 2.30. The lowest BCUT2D eigenvalue weighted by atomic mass is 10.2. The predicted octanol–water partition coefficient (Wildman–Crippen LogP) is 3.60. The quantitative estimate of drug-likeness (QED) is 0.460. The van der Waals surface area contributed by atoms with Gasteiger partial charge in [-0.2, -0.15) is 4.72 Å². The number of rotatable bonds is 9. The van der Waals surface area contributed by atoms with Gasteiger partial charge in [0.1, 0.15) is 0 Å². The third-order valence-corrected chi connectivity index (χ3v) is 5.78. The van der Waals surface area contributed by atoms with Gasteiger partial charge in [-0.3, -0.25) is 4.79 Å². The summed E-state index contributed by atoms with van der Waals surface area (Å²) in [6.07, 6.45) is 1.72. The van der Waals surface area contributed by atoms with Crippen molar-refractivity contribution in [1.29, 1.82) is 0 Å². The lowest BCUT2D eigenvalue weighted by molar-refractivity contribution is -0.117. The fourth-order valence-corrected chi connectivity index (χ4v) is 3.63. The molecule has 0 unspecified atom stereocenters. The van der Waals surface area contributed by atoms with Crippen molar-refractivity contribution in [2.75, 3.05) is 11.9 Å². The molecule has 0 aromatic heterocycles. The molecule has 0 spiro atoms. The van der Waals surface area contributed by atoms with Gasteiger partial charge in [-0.15, -0.1) is 0 Å². The highest BCUT2D eigenvalue weighted by Gasteiger charge is 2.22. The van der Waals surface area contributed by atoms with E-state index in [0.29, 0.717) is 22.9 Å². The van der Waals surface area contributed by atoms with Crippen molar-refractivity contribution in [3.8, 4) is 0 Å². The van der Waals surface area contributed by atoms with Crippen LogP contribution in [0.15, 0.2) is 53.4 Å². The molecule has 0 aliphatic rings. The summed E-state index contributed by atoms with van der Waals surface area (Å²) in [5.41, 5.74) is 0.799. The average molecular weight is 439 g/mol. The molecule has 2 aromatic rings. The number of sulfonamides is 1. The molecular formula is C20H23ClN2O5S. The van der Waals surface area contributed by atoms with Crippen molar-refractivity contribution in [3.63, 3.8) is 0 Å². The van der Waals surface area contributed by atoms with Crippen LogP contribution in [0.4, 0.5) is 5.69 Å². The minimum absolute atomic E-state index is 0.00693. The Morgan fingerprint density at radius 3 is 2.28 bits per heavy atom. The normalized spacial score (nSPS) is 12.2. The smallest absolute Gasteiger partial charge is 0.338 e. The molecule has 2 N–H and O–H groups in total. The number of carbonyl (C=O) groups is 2. The zero-order valence-electron chi connectivity index (χ0n) is 16.1. The number of ether oxygens (including phenoxy) is 1. The molecule has 29 heavy (non-hydrogen) atoms. The number of hydrogen-bond acceptors (Lipinski definition) is 5. The first-order valence-corrected chi connectivity index (χ1v) is 10.9. The fraction of sp³-hybridized carbons (Fsp3) is 0.300. The summed E-state index contributed by atoms with van der Waals surface area (Å²) in [6.45, 7) is 3.79. The van der Waals surface area contributed by atoms with Crippen LogP contribution >= 0.6 is 11.6 Å². The van der Waals surface area contributed by atoms with E-state index >= 15 is 0 Å². The van der Waals surface area contributed by atoms with Crippen LogP contribution in [0.1, 0.15) is 37.0 Å². The number of esters is 1. The van der Waals surface area contributed by atoms with Crippen molar-refractivity contribution in [2.24, 2.45) is 0 Å². The Hall–Kier alpha value is -2.42. The van der Waals surface area contributed by atoms with E-state index < -0.39 is 27.9 Å². The van der Waals surface area contributed by atoms with Gasteiger partial charge in [0.25, 0.3) is 0 Å². The van der Waals surface area contributed by atoms with Gasteiger partial charge in [0, 0.05) is 10.7 Å². The first-order valence-electron chi connectivity index (χ1n) is 9.09.